The topological polar surface area (TPSA) is 12.0 Å². The lowest BCUT2D eigenvalue weighted by Gasteiger charge is -2.24. The van der Waals surface area contributed by atoms with E-state index in [1.165, 1.54) is 12.8 Å². The zero-order valence-electron chi connectivity index (χ0n) is 8.92. The van der Waals surface area contributed by atoms with Gasteiger partial charge >= 0.3 is 0 Å². The van der Waals surface area contributed by atoms with Crippen LogP contribution in [0.5, 0.6) is 0 Å². The molecule has 0 aromatic heterocycles. The lowest BCUT2D eigenvalue weighted by Crippen LogP contribution is -2.27. The molecule has 0 aliphatic carbocycles. The van der Waals surface area contributed by atoms with Gasteiger partial charge in [0, 0.05) is 11.6 Å². The van der Waals surface area contributed by atoms with Crippen molar-refractivity contribution in [2.45, 2.75) is 32.2 Å². The minimum absolute atomic E-state index is 0. The van der Waals surface area contributed by atoms with Crippen LogP contribution in [-0.2, 0) is 0 Å². The highest BCUT2D eigenvalue weighted by Gasteiger charge is 2.17. The molecule has 1 aliphatic heterocycles. The molecule has 1 atom stereocenters. The highest BCUT2D eigenvalue weighted by Crippen LogP contribution is 2.25. The van der Waals surface area contributed by atoms with Crippen molar-refractivity contribution < 1.29 is 4.39 Å². The van der Waals surface area contributed by atoms with Crippen LogP contribution in [0, 0.1) is 12.7 Å². The molecule has 1 heterocycles. The molecule has 0 saturated carbocycles. The number of hydrogen-bond donors (Lipinski definition) is 1. The number of hydrogen-bond acceptors (Lipinski definition) is 1. The average molecular weight is 230 g/mol. The highest BCUT2D eigenvalue weighted by molar-refractivity contribution is 5.85. The first kappa shape index (κ1) is 12.5. The van der Waals surface area contributed by atoms with E-state index in [0.29, 0.717) is 0 Å². The molecule has 15 heavy (non-hydrogen) atoms. The van der Waals surface area contributed by atoms with Crippen molar-refractivity contribution in [2.24, 2.45) is 0 Å². The van der Waals surface area contributed by atoms with E-state index in [-0.39, 0.29) is 24.3 Å². The van der Waals surface area contributed by atoms with Crippen LogP contribution >= 0.6 is 12.4 Å². The van der Waals surface area contributed by atoms with Gasteiger partial charge in [-0.3, -0.25) is 0 Å². The molecule has 84 valence electrons. The van der Waals surface area contributed by atoms with E-state index in [1.807, 2.05) is 19.1 Å². The zero-order valence-corrected chi connectivity index (χ0v) is 9.74. The molecule has 1 aliphatic rings. The summed E-state index contributed by atoms with van der Waals surface area (Å²) in [7, 11) is 0. The summed E-state index contributed by atoms with van der Waals surface area (Å²) >= 11 is 0. The Hall–Kier alpha value is -0.600. The van der Waals surface area contributed by atoms with E-state index in [0.717, 1.165) is 24.1 Å². The summed E-state index contributed by atoms with van der Waals surface area (Å²) in [6.07, 6.45) is 3.47. The summed E-state index contributed by atoms with van der Waals surface area (Å²) in [6, 6.07) is 5.57. The molecule has 3 heteroatoms. The van der Waals surface area contributed by atoms with Crippen molar-refractivity contribution in [2.75, 3.05) is 6.54 Å². The van der Waals surface area contributed by atoms with Crippen LogP contribution in [-0.4, -0.2) is 6.54 Å². The quantitative estimate of drug-likeness (QED) is 0.779. The van der Waals surface area contributed by atoms with E-state index in [4.69, 9.17) is 0 Å². The summed E-state index contributed by atoms with van der Waals surface area (Å²) < 4.78 is 13.5. The smallest absolute Gasteiger partial charge is 0.127 e. The van der Waals surface area contributed by atoms with Gasteiger partial charge in [0.15, 0.2) is 0 Å². The molecule has 0 spiro atoms. The summed E-state index contributed by atoms with van der Waals surface area (Å²) in [6.45, 7) is 3.02. The molecule has 0 amide bonds. The summed E-state index contributed by atoms with van der Waals surface area (Å²) in [5.41, 5.74) is 1.97. The number of benzene rings is 1. The van der Waals surface area contributed by atoms with Crippen molar-refractivity contribution in [1.29, 1.82) is 0 Å². The van der Waals surface area contributed by atoms with Gasteiger partial charge in [-0.1, -0.05) is 24.1 Å². The first-order valence-corrected chi connectivity index (χ1v) is 5.27. The third kappa shape index (κ3) is 2.93. The van der Waals surface area contributed by atoms with E-state index in [2.05, 4.69) is 5.32 Å². The second-order valence-corrected chi connectivity index (χ2v) is 4.03. The maximum absolute atomic E-state index is 13.5. The van der Waals surface area contributed by atoms with Gasteiger partial charge in [0.05, 0.1) is 0 Å². The fourth-order valence-electron chi connectivity index (χ4n) is 2.05. The van der Waals surface area contributed by atoms with Gasteiger partial charge in [-0.25, -0.2) is 4.39 Å². The molecule has 2 rings (SSSR count). The third-order valence-corrected chi connectivity index (χ3v) is 2.84. The minimum Gasteiger partial charge on any atom is -0.310 e. The Morgan fingerprint density at radius 1 is 1.33 bits per heavy atom. The van der Waals surface area contributed by atoms with Crippen LogP contribution in [0.4, 0.5) is 4.39 Å². The second-order valence-electron chi connectivity index (χ2n) is 4.03. The number of piperidine rings is 1. The molecular formula is C12H17ClFN. The lowest BCUT2D eigenvalue weighted by atomic mass is 9.96. The van der Waals surface area contributed by atoms with Gasteiger partial charge < -0.3 is 5.32 Å². The largest absolute Gasteiger partial charge is 0.310 e. The predicted molar refractivity (Wildman–Crippen MR) is 63.0 cm³/mol. The summed E-state index contributed by atoms with van der Waals surface area (Å²) in [5, 5.41) is 3.36. The monoisotopic (exact) mass is 229 g/mol. The minimum atomic E-state index is -0.0741. The van der Waals surface area contributed by atoms with Gasteiger partial charge in [0.2, 0.25) is 0 Å². The Balaban J connectivity index is 0.00000112. The molecular weight excluding hydrogens is 213 g/mol. The normalized spacial score (nSPS) is 20.8. The van der Waals surface area contributed by atoms with Gasteiger partial charge in [-0.2, -0.15) is 0 Å². The fraction of sp³-hybridized carbons (Fsp3) is 0.500. The molecule has 0 unspecified atom stereocenters. The van der Waals surface area contributed by atoms with Gasteiger partial charge in [0.1, 0.15) is 5.82 Å². The van der Waals surface area contributed by atoms with Crippen molar-refractivity contribution in [1.82, 2.24) is 5.32 Å². The van der Waals surface area contributed by atoms with Gasteiger partial charge in [-0.15, -0.1) is 12.4 Å². The molecule has 1 saturated heterocycles. The third-order valence-electron chi connectivity index (χ3n) is 2.84. The maximum atomic E-state index is 13.5. The summed E-state index contributed by atoms with van der Waals surface area (Å²) in [4.78, 5) is 0. The number of nitrogens with one attached hydrogen (secondary N) is 1. The molecule has 1 aromatic carbocycles. The Labute approximate surface area is 96.5 Å². The van der Waals surface area contributed by atoms with Crippen molar-refractivity contribution in [3.05, 3.63) is 35.1 Å². The fourth-order valence-corrected chi connectivity index (χ4v) is 2.05. The highest BCUT2D eigenvalue weighted by atomic mass is 35.5. The second kappa shape index (κ2) is 5.47. The first-order valence-electron chi connectivity index (χ1n) is 5.27. The van der Waals surface area contributed by atoms with Crippen molar-refractivity contribution in [3.8, 4) is 0 Å². The van der Waals surface area contributed by atoms with Crippen LogP contribution < -0.4 is 5.32 Å². The summed E-state index contributed by atoms with van der Waals surface area (Å²) in [5.74, 6) is -0.0741. The van der Waals surface area contributed by atoms with Gasteiger partial charge in [0.25, 0.3) is 0 Å². The number of aryl methyl sites for hydroxylation is 1. The van der Waals surface area contributed by atoms with Crippen molar-refractivity contribution in [3.63, 3.8) is 0 Å². The van der Waals surface area contributed by atoms with Crippen LogP contribution in [0.3, 0.4) is 0 Å². The van der Waals surface area contributed by atoms with Crippen LogP contribution in [0.25, 0.3) is 0 Å². The lowest BCUT2D eigenvalue weighted by molar-refractivity contribution is 0.400. The number of halogens is 2. The Morgan fingerprint density at radius 3 is 2.80 bits per heavy atom. The molecule has 1 fully saturated rings. The first-order chi connectivity index (χ1) is 6.77. The van der Waals surface area contributed by atoms with E-state index < -0.39 is 0 Å². The van der Waals surface area contributed by atoms with E-state index >= 15 is 0 Å². The van der Waals surface area contributed by atoms with E-state index in [9.17, 15) is 4.39 Å². The van der Waals surface area contributed by atoms with E-state index in [1.54, 1.807) is 6.07 Å². The molecule has 0 bridgehead atoms. The standard InChI is InChI=1S/C12H16FN.ClH/c1-9-5-6-11(13)10(8-9)12-4-2-3-7-14-12;/h5-6,8,12,14H,2-4,7H2,1H3;1H/t12-;/m1./s1. The number of rotatable bonds is 1. The molecule has 1 nitrogen and oxygen atoms in total. The molecule has 1 aromatic rings. The maximum Gasteiger partial charge on any atom is 0.127 e. The Kier molecular flexibility index (Phi) is 4.55. The predicted octanol–water partition coefficient (Wildman–Crippen LogP) is 3.37. The Morgan fingerprint density at radius 2 is 2.13 bits per heavy atom. The average Bonchev–Trinajstić information content (AvgIpc) is 2.23. The van der Waals surface area contributed by atoms with Crippen LogP contribution in [0.2, 0.25) is 0 Å². The van der Waals surface area contributed by atoms with Crippen LogP contribution in [0.15, 0.2) is 18.2 Å². The molecule has 1 N–H and O–H groups in total. The Bertz CT molecular complexity index is 321. The molecule has 0 radical (unpaired) electrons. The van der Waals surface area contributed by atoms with Crippen molar-refractivity contribution >= 4 is 12.4 Å². The van der Waals surface area contributed by atoms with Gasteiger partial charge in [-0.05, 0) is 32.4 Å². The zero-order chi connectivity index (χ0) is 9.97. The van der Waals surface area contributed by atoms with Crippen LogP contribution in [0.1, 0.15) is 36.4 Å². The SMILES string of the molecule is Cc1ccc(F)c([C@H]2CCCCN2)c1.Cl.